The van der Waals surface area contributed by atoms with Crippen LogP contribution in [0.25, 0.3) is 0 Å². The lowest BCUT2D eigenvalue weighted by Gasteiger charge is -2.33. The maximum Gasteiger partial charge on any atom is 0.221 e. The lowest BCUT2D eigenvalue weighted by atomic mass is 10.2. The number of alkyl halides is 1. The van der Waals surface area contributed by atoms with Crippen molar-refractivity contribution in [3.8, 4) is 5.88 Å². The average Bonchev–Trinajstić information content (AvgIpc) is 2.39. The van der Waals surface area contributed by atoms with Crippen LogP contribution in [0.15, 0.2) is 6.33 Å². The summed E-state index contributed by atoms with van der Waals surface area (Å²) < 4.78 is 10.8. The molecule has 1 saturated heterocycles. The molecule has 17 heavy (non-hydrogen) atoms. The van der Waals surface area contributed by atoms with Crippen molar-refractivity contribution >= 4 is 21.7 Å². The first-order chi connectivity index (χ1) is 8.26. The Morgan fingerprint density at radius 1 is 1.59 bits per heavy atom. The molecule has 0 saturated carbocycles. The second kappa shape index (κ2) is 5.64. The maximum atomic E-state index is 5.61. The Hall–Kier alpha value is -0.880. The molecule has 2 heterocycles. The summed E-state index contributed by atoms with van der Waals surface area (Å²) in [6.07, 6.45) is 1.75. The van der Waals surface area contributed by atoms with E-state index in [1.807, 2.05) is 6.92 Å². The Kier molecular flexibility index (Phi) is 4.17. The zero-order chi connectivity index (χ0) is 12.3. The number of hydrogen-bond acceptors (Lipinski definition) is 5. The van der Waals surface area contributed by atoms with Crippen LogP contribution in [0.5, 0.6) is 5.88 Å². The number of halogens is 1. The van der Waals surface area contributed by atoms with E-state index in [4.69, 9.17) is 9.47 Å². The van der Waals surface area contributed by atoms with E-state index in [2.05, 4.69) is 30.8 Å². The van der Waals surface area contributed by atoms with Gasteiger partial charge in [0, 0.05) is 18.4 Å². The summed E-state index contributed by atoms with van der Waals surface area (Å²) in [6, 6.07) is 0. The molecule has 0 N–H and O–H groups in total. The molecule has 0 aromatic carbocycles. The van der Waals surface area contributed by atoms with Gasteiger partial charge in [0.05, 0.1) is 25.4 Å². The normalized spacial score (nSPS) is 20.4. The fourth-order valence-electron chi connectivity index (χ4n) is 1.95. The average molecular weight is 302 g/mol. The van der Waals surface area contributed by atoms with Crippen LogP contribution in [0.1, 0.15) is 5.56 Å². The van der Waals surface area contributed by atoms with Crippen LogP contribution in [-0.2, 0) is 4.74 Å². The number of methoxy groups -OCH3 is 1. The molecule has 1 fully saturated rings. The van der Waals surface area contributed by atoms with Crippen LogP contribution in [-0.4, -0.2) is 48.2 Å². The first-order valence-corrected chi connectivity index (χ1v) is 6.66. The molecular weight excluding hydrogens is 286 g/mol. The predicted octanol–water partition coefficient (Wildman–Crippen LogP) is 1.39. The van der Waals surface area contributed by atoms with Crippen LogP contribution < -0.4 is 9.64 Å². The van der Waals surface area contributed by atoms with Gasteiger partial charge in [-0.15, -0.1) is 0 Å². The number of morpholine rings is 1. The van der Waals surface area contributed by atoms with E-state index in [9.17, 15) is 0 Å². The number of aromatic nitrogens is 2. The zero-order valence-corrected chi connectivity index (χ0v) is 11.6. The van der Waals surface area contributed by atoms with Crippen molar-refractivity contribution in [2.24, 2.45) is 0 Å². The lowest BCUT2D eigenvalue weighted by molar-refractivity contribution is 0.0567. The topological polar surface area (TPSA) is 47.5 Å². The smallest absolute Gasteiger partial charge is 0.221 e. The molecular formula is C11H16BrN3O2. The van der Waals surface area contributed by atoms with E-state index < -0.39 is 0 Å². The van der Waals surface area contributed by atoms with Gasteiger partial charge in [0.25, 0.3) is 0 Å². The summed E-state index contributed by atoms with van der Waals surface area (Å²) in [4.78, 5) is 10.7. The predicted molar refractivity (Wildman–Crippen MR) is 69.1 cm³/mol. The Labute approximate surface area is 109 Å². The van der Waals surface area contributed by atoms with Gasteiger partial charge in [-0.25, -0.2) is 9.97 Å². The summed E-state index contributed by atoms with van der Waals surface area (Å²) in [7, 11) is 1.62. The molecule has 0 bridgehead atoms. The van der Waals surface area contributed by atoms with Crippen molar-refractivity contribution in [3.63, 3.8) is 0 Å². The van der Waals surface area contributed by atoms with E-state index in [1.165, 1.54) is 0 Å². The highest BCUT2D eigenvalue weighted by molar-refractivity contribution is 9.09. The van der Waals surface area contributed by atoms with Crippen LogP contribution in [0, 0.1) is 6.92 Å². The van der Waals surface area contributed by atoms with Crippen LogP contribution >= 0.6 is 15.9 Å². The summed E-state index contributed by atoms with van der Waals surface area (Å²) >= 11 is 3.45. The molecule has 1 aromatic heterocycles. The number of hydrogen-bond donors (Lipinski definition) is 0. The zero-order valence-electron chi connectivity index (χ0n) is 10.0. The molecule has 1 unspecified atom stereocenters. The number of nitrogens with zero attached hydrogens (tertiary/aromatic N) is 3. The van der Waals surface area contributed by atoms with Gasteiger partial charge in [0.1, 0.15) is 12.1 Å². The summed E-state index contributed by atoms with van der Waals surface area (Å²) in [5.41, 5.74) is 0.977. The molecule has 6 heteroatoms. The largest absolute Gasteiger partial charge is 0.481 e. The van der Waals surface area contributed by atoms with Crippen molar-refractivity contribution < 1.29 is 9.47 Å². The van der Waals surface area contributed by atoms with Crippen LogP contribution in [0.3, 0.4) is 0 Å². The SMILES string of the molecule is COc1ncnc(N2CCOC(CBr)C2)c1C. The molecule has 1 aromatic rings. The van der Waals surface area contributed by atoms with E-state index in [1.54, 1.807) is 13.4 Å². The third-order valence-corrected chi connectivity index (χ3v) is 3.54. The highest BCUT2D eigenvalue weighted by atomic mass is 79.9. The van der Waals surface area contributed by atoms with Crippen molar-refractivity contribution in [1.82, 2.24) is 9.97 Å². The Morgan fingerprint density at radius 2 is 2.41 bits per heavy atom. The fraction of sp³-hybridized carbons (Fsp3) is 0.636. The first-order valence-electron chi connectivity index (χ1n) is 5.54. The molecule has 1 atom stereocenters. The number of anilines is 1. The van der Waals surface area contributed by atoms with Gasteiger partial charge in [-0.2, -0.15) is 0 Å². The monoisotopic (exact) mass is 301 g/mol. The highest BCUT2D eigenvalue weighted by Gasteiger charge is 2.22. The lowest BCUT2D eigenvalue weighted by Crippen LogP contribution is -2.44. The minimum Gasteiger partial charge on any atom is -0.481 e. The van der Waals surface area contributed by atoms with Crippen LogP contribution in [0.4, 0.5) is 5.82 Å². The van der Waals surface area contributed by atoms with Crippen molar-refractivity contribution in [2.45, 2.75) is 13.0 Å². The van der Waals surface area contributed by atoms with Crippen molar-refractivity contribution in [1.29, 1.82) is 0 Å². The molecule has 94 valence electrons. The second-order valence-corrected chi connectivity index (χ2v) is 4.57. The van der Waals surface area contributed by atoms with Gasteiger partial charge in [-0.05, 0) is 6.92 Å². The third kappa shape index (κ3) is 2.69. The summed E-state index contributed by atoms with van der Waals surface area (Å²) in [5.74, 6) is 1.57. The van der Waals surface area contributed by atoms with E-state index >= 15 is 0 Å². The second-order valence-electron chi connectivity index (χ2n) is 3.92. The highest BCUT2D eigenvalue weighted by Crippen LogP contribution is 2.25. The van der Waals surface area contributed by atoms with Gasteiger partial charge in [0.2, 0.25) is 5.88 Å². The molecule has 5 nitrogen and oxygen atoms in total. The van der Waals surface area contributed by atoms with E-state index in [0.717, 1.165) is 36.4 Å². The van der Waals surface area contributed by atoms with Crippen LogP contribution in [0.2, 0.25) is 0 Å². The van der Waals surface area contributed by atoms with Crippen molar-refractivity contribution in [2.75, 3.05) is 37.0 Å². The Bertz CT molecular complexity index is 389. The molecule has 0 spiro atoms. The molecule has 2 rings (SSSR count). The minimum atomic E-state index is 0.212. The molecule has 0 amide bonds. The number of ether oxygens (including phenoxy) is 2. The molecule has 0 aliphatic carbocycles. The summed E-state index contributed by atoms with van der Waals surface area (Å²) in [5, 5.41) is 0.838. The maximum absolute atomic E-state index is 5.61. The summed E-state index contributed by atoms with van der Waals surface area (Å²) in [6.45, 7) is 4.39. The molecule has 1 aliphatic heterocycles. The fourth-order valence-corrected chi connectivity index (χ4v) is 2.35. The quantitative estimate of drug-likeness (QED) is 0.790. The standard InChI is InChI=1S/C11H16BrN3O2/c1-8-10(13-7-14-11(8)16-2)15-3-4-17-9(5-12)6-15/h7,9H,3-6H2,1-2H3. The Morgan fingerprint density at radius 3 is 3.12 bits per heavy atom. The van der Waals surface area contributed by atoms with E-state index in [0.29, 0.717) is 5.88 Å². The minimum absolute atomic E-state index is 0.212. The van der Waals surface area contributed by atoms with Gasteiger partial charge in [-0.3, -0.25) is 0 Å². The third-order valence-electron chi connectivity index (χ3n) is 2.81. The molecule has 1 aliphatic rings. The first kappa shape index (κ1) is 12.6. The number of rotatable bonds is 3. The van der Waals surface area contributed by atoms with Gasteiger partial charge >= 0.3 is 0 Å². The van der Waals surface area contributed by atoms with Gasteiger partial charge in [0.15, 0.2) is 0 Å². The van der Waals surface area contributed by atoms with Gasteiger partial charge < -0.3 is 14.4 Å². The van der Waals surface area contributed by atoms with E-state index in [-0.39, 0.29) is 6.10 Å². The molecule has 0 radical (unpaired) electrons. The van der Waals surface area contributed by atoms with Gasteiger partial charge in [-0.1, -0.05) is 15.9 Å². The van der Waals surface area contributed by atoms with Crippen molar-refractivity contribution in [3.05, 3.63) is 11.9 Å². The Balaban J connectivity index is 2.21.